The van der Waals surface area contributed by atoms with Crippen LogP contribution in [0.2, 0.25) is 0 Å². The van der Waals surface area contributed by atoms with Gasteiger partial charge in [0.1, 0.15) is 0 Å². The molecule has 1 aromatic carbocycles. The highest BCUT2D eigenvalue weighted by atomic mass is 32.2. The van der Waals surface area contributed by atoms with Crippen molar-refractivity contribution in [1.82, 2.24) is 0 Å². The van der Waals surface area contributed by atoms with E-state index in [2.05, 4.69) is 0 Å². The fourth-order valence-corrected chi connectivity index (χ4v) is 3.70. The smallest absolute Gasteiger partial charge is 0.230 e. The average molecular weight is 291 g/mol. The van der Waals surface area contributed by atoms with Gasteiger partial charge in [0.25, 0.3) is 0 Å². The maximum absolute atomic E-state index is 12.5. The Morgan fingerprint density at radius 2 is 1.85 bits per heavy atom. The highest BCUT2D eigenvalue weighted by Gasteiger charge is 2.39. The van der Waals surface area contributed by atoms with Crippen LogP contribution in [0, 0.1) is 12.8 Å². The first-order valence-corrected chi connectivity index (χ1v) is 8.48. The number of benzene rings is 1. The minimum Gasteiger partial charge on any atom is -0.304 e. The minimum absolute atomic E-state index is 0.0145. The molecular weight excluding hydrogens is 274 g/mol. The fraction of sp³-hybridized carbons (Fsp3) is 0.400. The van der Waals surface area contributed by atoms with Crippen LogP contribution in [-0.4, -0.2) is 26.1 Å². The summed E-state index contributed by atoms with van der Waals surface area (Å²) in [5.41, 5.74) is 1.89. The van der Waals surface area contributed by atoms with E-state index >= 15 is 0 Å². The molecule has 1 atom stereocenters. The van der Waals surface area contributed by atoms with Crippen molar-refractivity contribution in [3.8, 4) is 0 Å². The number of rotatable bonds is 3. The van der Waals surface area contributed by atoms with E-state index in [9.17, 15) is 13.2 Å². The van der Waals surface area contributed by atoms with Crippen molar-refractivity contribution >= 4 is 21.4 Å². The minimum atomic E-state index is -3.17. The van der Waals surface area contributed by atoms with Gasteiger partial charge in [0.05, 0.1) is 11.8 Å². The van der Waals surface area contributed by atoms with Crippen molar-refractivity contribution in [1.29, 1.82) is 0 Å². The highest BCUT2D eigenvalue weighted by molar-refractivity contribution is 7.94. The Morgan fingerprint density at radius 3 is 2.35 bits per heavy atom. The van der Waals surface area contributed by atoms with Crippen LogP contribution in [0.15, 0.2) is 35.7 Å². The fourth-order valence-electron chi connectivity index (χ4n) is 2.43. The van der Waals surface area contributed by atoms with Crippen LogP contribution in [-0.2, 0) is 14.6 Å². The topological polar surface area (TPSA) is 54.5 Å². The normalized spacial score (nSPS) is 23.8. The van der Waals surface area contributed by atoms with E-state index in [4.69, 9.17) is 0 Å². The molecule has 1 aliphatic heterocycles. The van der Waals surface area contributed by atoms with Gasteiger partial charge in [-0.1, -0.05) is 17.7 Å². The molecule has 0 radical (unpaired) electrons. The van der Waals surface area contributed by atoms with Gasteiger partial charge < -0.3 is 4.90 Å². The Kier molecular flexibility index (Phi) is 3.17. The second kappa shape index (κ2) is 4.74. The zero-order chi connectivity index (χ0) is 14.3. The molecule has 1 heterocycles. The lowest BCUT2D eigenvalue weighted by molar-refractivity contribution is -0.120. The van der Waals surface area contributed by atoms with Crippen molar-refractivity contribution in [3.63, 3.8) is 0 Å². The molecule has 0 aromatic heterocycles. The van der Waals surface area contributed by atoms with Crippen molar-refractivity contribution in [3.05, 3.63) is 41.3 Å². The van der Waals surface area contributed by atoms with Gasteiger partial charge >= 0.3 is 0 Å². The Labute approximate surface area is 119 Å². The first-order chi connectivity index (χ1) is 9.46. The van der Waals surface area contributed by atoms with Crippen LogP contribution < -0.4 is 4.90 Å². The lowest BCUT2D eigenvalue weighted by Crippen LogP contribution is -2.42. The SMILES string of the molecule is Cc1ccc(N(C(=O)C2CC2)[C@@H]2C=CS(=O)(=O)C2)cc1. The van der Waals surface area contributed by atoms with Gasteiger partial charge in [0.15, 0.2) is 9.84 Å². The molecule has 0 N–H and O–H groups in total. The van der Waals surface area contributed by atoms with Crippen LogP contribution in [0.1, 0.15) is 18.4 Å². The third-order valence-electron chi connectivity index (χ3n) is 3.72. The molecule has 1 saturated carbocycles. The average Bonchev–Trinajstić information content (AvgIpc) is 3.17. The van der Waals surface area contributed by atoms with Crippen molar-refractivity contribution in [2.24, 2.45) is 5.92 Å². The Bertz CT molecular complexity index is 657. The highest BCUT2D eigenvalue weighted by Crippen LogP contribution is 2.35. The molecular formula is C15H17NO3S. The summed E-state index contributed by atoms with van der Waals surface area (Å²) in [4.78, 5) is 14.1. The van der Waals surface area contributed by atoms with E-state index in [1.807, 2.05) is 31.2 Å². The maximum Gasteiger partial charge on any atom is 0.230 e. The predicted octanol–water partition coefficient (Wildman–Crippen LogP) is 2.05. The number of sulfone groups is 1. The molecule has 0 bridgehead atoms. The molecule has 0 saturated heterocycles. The molecule has 0 unspecified atom stereocenters. The first-order valence-electron chi connectivity index (χ1n) is 6.77. The summed E-state index contributed by atoms with van der Waals surface area (Å²) in [7, 11) is -3.17. The number of aryl methyl sites for hydroxylation is 1. The number of carbonyl (C=O) groups is 1. The van der Waals surface area contributed by atoms with Crippen molar-refractivity contribution in [2.75, 3.05) is 10.7 Å². The quantitative estimate of drug-likeness (QED) is 0.856. The molecule has 1 fully saturated rings. The summed E-state index contributed by atoms with van der Waals surface area (Å²) in [6.07, 6.45) is 3.43. The lowest BCUT2D eigenvalue weighted by atomic mass is 10.1. The van der Waals surface area contributed by atoms with E-state index in [0.29, 0.717) is 0 Å². The van der Waals surface area contributed by atoms with Gasteiger partial charge in [-0.25, -0.2) is 8.42 Å². The summed E-state index contributed by atoms with van der Waals surface area (Å²) < 4.78 is 23.2. The van der Waals surface area contributed by atoms with Crippen LogP contribution >= 0.6 is 0 Å². The van der Waals surface area contributed by atoms with E-state index in [-0.39, 0.29) is 23.6 Å². The number of amides is 1. The zero-order valence-electron chi connectivity index (χ0n) is 11.3. The number of carbonyl (C=O) groups excluding carboxylic acids is 1. The summed E-state index contributed by atoms with van der Waals surface area (Å²) in [6.45, 7) is 1.98. The lowest BCUT2D eigenvalue weighted by Gasteiger charge is -2.28. The number of nitrogens with zero attached hydrogens (tertiary/aromatic N) is 1. The second-order valence-electron chi connectivity index (χ2n) is 5.54. The molecule has 0 spiro atoms. The van der Waals surface area contributed by atoms with Crippen LogP contribution in [0.4, 0.5) is 5.69 Å². The first kappa shape index (κ1) is 13.4. The van der Waals surface area contributed by atoms with E-state index in [1.54, 1.807) is 11.0 Å². The molecule has 1 aromatic rings. The third-order valence-corrected chi connectivity index (χ3v) is 5.10. The summed E-state index contributed by atoms with van der Waals surface area (Å²) in [5.74, 6) is 0.0906. The molecule has 5 heteroatoms. The third kappa shape index (κ3) is 2.63. The largest absolute Gasteiger partial charge is 0.304 e. The summed E-state index contributed by atoms with van der Waals surface area (Å²) in [6, 6.07) is 7.27. The number of anilines is 1. The van der Waals surface area contributed by atoms with Crippen LogP contribution in [0.25, 0.3) is 0 Å². The second-order valence-corrected chi connectivity index (χ2v) is 7.47. The van der Waals surface area contributed by atoms with Gasteiger partial charge in [-0.15, -0.1) is 0 Å². The van der Waals surface area contributed by atoms with Crippen LogP contribution in [0.5, 0.6) is 0 Å². The molecule has 20 heavy (non-hydrogen) atoms. The Hall–Kier alpha value is -1.62. The zero-order valence-corrected chi connectivity index (χ0v) is 12.1. The standard InChI is InChI=1S/C15H17NO3S/c1-11-2-6-13(7-3-11)16(15(17)12-4-5-12)14-8-9-20(18,19)10-14/h2-3,6-9,12,14H,4-5,10H2,1H3/t14-/m1/s1. The number of hydrogen-bond acceptors (Lipinski definition) is 3. The molecule has 1 aliphatic carbocycles. The van der Waals surface area contributed by atoms with E-state index < -0.39 is 9.84 Å². The van der Waals surface area contributed by atoms with Gasteiger partial charge in [0.2, 0.25) is 5.91 Å². The van der Waals surface area contributed by atoms with Gasteiger partial charge in [0, 0.05) is 17.0 Å². The molecule has 2 aliphatic rings. The molecule has 3 rings (SSSR count). The molecule has 4 nitrogen and oxygen atoms in total. The number of hydrogen-bond donors (Lipinski definition) is 0. The predicted molar refractivity (Wildman–Crippen MR) is 78.1 cm³/mol. The van der Waals surface area contributed by atoms with Crippen LogP contribution in [0.3, 0.4) is 0 Å². The van der Waals surface area contributed by atoms with Gasteiger partial charge in [-0.05, 0) is 38.0 Å². The Morgan fingerprint density at radius 1 is 1.20 bits per heavy atom. The van der Waals surface area contributed by atoms with Gasteiger partial charge in [-0.2, -0.15) is 0 Å². The Balaban J connectivity index is 1.94. The van der Waals surface area contributed by atoms with E-state index in [0.717, 1.165) is 24.1 Å². The van der Waals surface area contributed by atoms with Crippen molar-refractivity contribution in [2.45, 2.75) is 25.8 Å². The van der Waals surface area contributed by atoms with Gasteiger partial charge in [-0.3, -0.25) is 4.79 Å². The molecule has 1 amide bonds. The summed E-state index contributed by atoms with van der Waals surface area (Å²) in [5, 5.41) is 1.22. The molecule has 106 valence electrons. The van der Waals surface area contributed by atoms with E-state index in [1.165, 1.54) is 5.41 Å². The van der Waals surface area contributed by atoms with Crippen molar-refractivity contribution < 1.29 is 13.2 Å². The monoisotopic (exact) mass is 291 g/mol. The maximum atomic E-state index is 12.5. The summed E-state index contributed by atoms with van der Waals surface area (Å²) >= 11 is 0.